The van der Waals surface area contributed by atoms with Crippen molar-refractivity contribution in [3.8, 4) is 0 Å². The smallest absolute Gasteiger partial charge is 0.303 e. The van der Waals surface area contributed by atoms with E-state index in [9.17, 15) is 20.1 Å². The first-order valence-electron chi connectivity index (χ1n) is 9.91. The topological polar surface area (TPSA) is 98.0 Å². The molecule has 0 radical (unpaired) electrons. The highest BCUT2D eigenvalue weighted by molar-refractivity contribution is 5.66. The molecule has 0 bridgehead atoms. The Morgan fingerprint density at radius 2 is 1.85 bits per heavy atom. The number of unbranched alkanes of at least 4 members (excludes halogenated alkanes) is 2. The van der Waals surface area contributed by atoms with Gasteiger partial charge < -0.3 is 20.4 Å². The summed E-state index contributed by atoms with van der Waals surface area (Å²) in [5.74, 6) is -1.01. The first-order valence-corrected chi connectivity index (χ1v) is 9.91. The Hall–Kier alpha value is -1.17. The molecular weight excluding hydrogens is 332 g/mol. The number of allylic oxidation sites excluding steroid dienone is 2. The minimum atomic E-state index is -0.885. The van der Waals surface area contributed by atoms with E-state index in [0.717, 1.165) is 32.1 Å². The van der Waals surface area contributed by atoms with E-state index in [0.29, 0.717) is 19.3 Å². The molecule has 1 aliphatic carbocycles. The summed E-state index contributed by atoms with van der Waals surface area (Å²) in [5, 5.41) is 39.6. The van der Waals surface area contributed by atoms with Crippen molar-refractivity contribution < 1.29 is 25.2 Å². The van der Waals surface area contributed by atoms with E-state index >= 15 is 0 Å². The third-order valence-corrected chi connectivity index (χ3v) is 5.24. The van der Waals surface area contributed by atoms with Gasteiger partial charge in [0.1, 0.15) is 0 Å². The molecule has 5 nitrogen and oxygen atoms in total. The Morgan fingerprint density at radius 3 is 2.50 bits per heavy atom. The number of rotatable bonds is 12. The number of aliphatic carboxylic acids is 1. The summed E-state index contributed by atoms with van der Waals surface area (Å²) in [7, 11) is 0. The van der Waals surface area contributed by atoms with Crippen LogP contribution in [-0.4, -0.2) is 44.2 Å². The number of hydrogen-bond acceptors (Lipinski definition) is 4. The number of carbonyl (C=O) groups is 1. The molecular formula is C21H36O5. The van der Waals surface area contributed by atoms with Crippen molar-refractivity contribution >= 4 is 5.97 Å². The molecule has 5 heteroatoms. The van der Waals surface area contributed by atoms with Crippen LogP contribution >= 0.6 is 0 Å². The van der Waals surface area contributed by atoms with E-state index in [4.69, 9.17) is 5.11 Å². The molecule has 0 amide bonds. The van der Waals surface area contributed by atoms with Crippen molar-refractivity contribution in [1.29, 1.82) is 0 Å². The molecule has 1 fully saturated rings. The maximum Gasteiger partial charge on any atom is 0.303 e. The van der Waals surface area contributed by atoms with Gasteiger partial charge in [-0.05, 0) is 38.5 Å². The van der Waals surface area contributed by atoms with E-state index < -0.39 is 23.8 Å². The Balaban J connectivity index is 2.55. The van der Waals surface area contributed by atoms with Crippen LogP contribution in [0, 0.1) is 11.8 Å². The Kier molecular flexibility index (Phi) is 10.1. The van der Waals surface area contributed by atoms with Crippen LogP contribution in [0.5, 0.6) is 0 Å². The van der Waals surface area contributed by atoms with Gasteiger partial charge in [0.05, 0.1) is 17.8 Å². The zero-order valence-corrected chi connectivity index (χ0v) is 16.2. The quantitative estimate of drug-likeness (QED) is 0.312. The Bertz CT molecular complexity index is 469. The first kappa shape index (κ1) is 22.9. The third kappa shape index (κ3) is 8.47. The molecule has 5 atom stereocenters. The van der Waals surface area contributed by atoms with Crippen LogP contribution in [0.4, 0.5) is 0 Å². The maximum atomic E-state index is 10.5. The van der Waals surface area contributed by atoms with Crippen molar-refractivity contribution in [2.45, 2.75) is 89.4 Å². The average Bonchev–Trinajstić information content (AvgIpc) is 2.82. The molecule has 0 aromatic carbocycles. The van der Waals surface area contributed by atoms with Crippen LogP contribution in [0.15, 0.2) is 24.3 Å². The van der Waals surface area contributed by atoms with Gasteiger partial charge in [-0.3, -0.25) is 4.79 Å². The zero-order chi connectivity index (χ0) is 19.6. The monoisotopic (exact) mass is 368 g/mol. The van der Waals surface area contributed by atoms with E-state index in [1.165, 1.54) is 0 Å². The lowest BCUT2D eigenvalue weighted by molar-refractivity contribution is -0.136. The van der Waals surface area contributed by atoms with Gasteiger partial charge in [-0.25, -0.2) is 0 Å². The first-order chi connectivity index (χ1) is 12.3. The molecule has 0 heterocycles. The Labute approximate surface area is 157 Å². The molecule has 1 aliphatic rings. The number of carboxylic acids is 1. The largest absolute Gasteiger partial charge is 0.481 e. The number of aliphatic hydroxyl groups excluding tert-OH is 2. The Morgan fingerprint density at radius 1 is 1.15 bits per heavy atom. The highest BCUT2D eigenvalue weighted by atomic mass is 16.4. The summed E-state index contributed by atoms with van der Waals surface area (Å²) < 4.78 is 0. The fourth-order valence-corrected chi connectivity index (χ4v) is 3.64. The predicted molar refractivity (Wildman–Crippen MR) is 103 cm³/mol. The van der Waals surface area contributed by atoms with Crippen molar-refractivity contribution in [2.75, 3.05) is 0 Å². The molecule has 1 saturated carbocycles. The van der Waals surface area contributed by atoms with E-state index in [1.54, 1.807) is 13.0 Å². The third-order valence-electron chi connectivity index (χ3n) is 5.24. The van der Waals surface area contributed by atoms with Crippen molar-refractivity contribution in [3.63, 3.8) is 0 Å². The fourth-order valence-electron chi connectivity index (χ4n) is 3.64. The van der Waals surface area contributed by atoms with Crippen LogP contribution < -0.4 is 0 Å². The SMILES string of the molecule is CCCCC[C@](C)(O)/C=C/[C@@H]1[C@@H](CC/C=C\CCC(=O)O)[C@@H](O)C[C@H]1O. The molecule has 0 saturated heterocycles. The molecule has 150 valence electrons. The van der Waals surface area contributed by atoms with Crippen molar-refractivity contribution in [1.82, 2.24) is 0 Å². The van der Waals surface area contributed by atoms with E-state index in [1.807, 2.05) is 18.2 Å². The van der Waals surface area contributed by atoms with Gasteiger partial charge >= 0.3 is 5.97 Å². The van der Waals surface area contributed by atoms with Gasteiger partial charge in [0.25, 0.3) is 0 Å². The molecule has 4 N–H and O–H groups in total. The second-order valence-electron chi connectivity index (χ2n) is 7.77. The maximum absolute atomic E-state index is 10.5. The number of hydrogen-bond donors (Lipinski definition) is 4. The molecule has 26 heavy (non-hydrogen) atoms. The second-order valence-corrected chi connectivity index (χ2v) is 7.77. The van der Waals surface area contributed by atoms with Gasteiger partial charge in [-0.15, -0.1) is 0 Å². The standard InChI is InChI=1S/C21H36O5/c1-3-4-9-13-21(2,26)14-12-17-16(18(22)15-19(17)23)10-7-5-6-8-11-20(24)25/h5-6,12,14,16-19,22-23,26H,3-4,7-11,13,15H2,1-2H3,(H,24,25)/b6-5-,14-12+/t16-,17-,18+,19-,21+/m1/s1. The van der Waals surface area contributed by atoms with Crippen LogP contribution in [-0.2, 0) is 4.79 Å². The molecule has 0 aliphatic heterocycles. The highest BCUT2D eigenvalue weighted by Crippen LogP contribution is 2.37. The van der Waals surface area contributed by atoms with Crippen molar-refractivity contribution in [2.24, 2.45) is 11.8 Å². The van der Waals surface area contributed by atoms with Gasteiger partial charge in [0, 0.05) is 18.8 Å². The summed E-state index contributed by atoms with van der Waals surface area (Å²) in [6.07, 6.45) is 12.7. The molecule has 1 rings (SSSR count). The summed E-state index contributed by atoms with van der Waals surface area (Å²) in [6, 6.07) is 0. The molecule has 0 aromatic rings. The van der Waals surface area contributed by atoms with E-state index in [-0.39, 0.29) is 18.3 Å². The molecule has 0 aromatic heterocycles. The van der Waals surface area contributed by atoms with Crippen LogP contribution in [0.2, 0.25) is 0 Å². The lowest BCUT2D eigenvalue weighted by atomic mass is 9.87. The fraction of sp³-hybridized carbons (Fsp3) is 0.762. The highest BCUT2D eigenvalue weighted by Gasteiger charge is 2.39. The van der Waals surface area contributed by atoms with Crippen LogP contribution in [0.25, 0.3) is 0 Å². The minimum absolute atomic E-state index is 0.0446. The minimum Gasteiger partial charge on any atom is -0.481 e. The van der Waals surface area contributed by atoms with Gasteiger partial charge in [-0.2, -0.15) is 0 Å². The van der Waals surface area contributed by atoms with Crippen LogP contribution in [0.3, 0.4) is 0 Å². The summed E-state index contributed by atoms with van der Waals surface area (Å²) >= 11 is 0. The van der Waals surface area contributed by atoms with Crippen LogP contribution in [0.1, 0.15) is 71.6 Å². The second kappa shape index (κ2) is 11.5. The summed E-state index contributed by atoms with van der Waals surface area (Å²) in [5.41, 5.74) is -0.885. The zero-order valence-electron chi connectivity index (χ0n) is 16.2. The van der Waals surface area contributed by atoms with E-state index in [2.05, 4.69) is 6.92 Å². The summed E-state index contributed by atoms with van der Waals surface area (Å²) in [6.45, 7) is 3.92. The summed E-state index contributed by atoms with van der Waals surface area (Å²) in [4.78, 5) is 10.5. The molecule has 0 spiro atoms. The van der Waals surface area contributed by atoms with Crippen molar-refractivity contribution in [3.05, 3.63) is 24.3 Å². The molecule has 0 unspecified atom stereocenters. The number of aliphatic hydroxyl groups is 3. The van der Waals surface area contributed by atoms with Gasteiger partial charge in [-0.1, -0.05) is 50.5 Å². The average molecular weight is 369 g/mol. The lowest BCUT2D eigenvalue weighted by Gasteiger charge is -2.23. The predicted octanol–water partition coefficient (Wildman–Crippen LogP) is 3.43. The van der Waals surface area contributed by atoms with Gasteiger partial charge in [0.2, 0.25) is 0 Å². The lowest BCUT2D eigenvalue weighted by Crippen LogP contribution is -2.24. The number of carboxylic acid groups (broad SMARTS) is 1. The normalized spacial score (nSPS) is 28.8. The van der Waals surface area contributed by atoms with Gasteiger partial charge in [0.15, 0.2) is 0 Å².